The molecule has 3 nitrogen and oxygen atoms in total. The SMILES string of the molecule is CCCC(C)NS(=O)(=O)c1ccc(F)cc1Br. The van der Waals surface area contributed by atoms with Crippen molar-refractivity contribution in [1.29, 1.82) is 0 Å². The molecule has 1 N–H and O–H groups in total. The van der Waals surface area contributed by atoms with E-state index in [4.69, 9.17) is 0 Å². The van der Waals surface area contributed by atoms with E-state index in [-0.39, 0.29) is 15.4 Å². The maximum atomic E-state index is 12.9. The van der Waals surface area contributed by atoms with Gasteiger partial charge in [0.2, 0.25) is 10.0 Å². The molecule has 0 saturated carbocycles. The first kappa shape index (κ1) is 14.6. The van der Waals surface area contributed by atoms with Crippen LogP contribution in [0.3, 0.4) is 0 Å². The van der Waals surface area contributed by atoms with Gasteiger partial charge in [-0.05, 0) is 47.5 Å². The van der Waals surface area contributed by atoms with Crippen LogP contribution in [0.1, 0.15) is 26.7 Å². The lowest BCUT2D eigenvalue weighted by Crippen LogP contribution is -2.32. The molecule has 0 bridgehead atoms. The van der Waals surface area contributed by atoms with E-state index in [0.717, 1.165) is 25.0 Å². The average Bonchev–Trinajstić information content (AvgIpc) is 2.15. The fraction of sp³-hybridized carbons (Fsp3) is 0.455. The summed E-state index contributed by atoms with van der Waals surface area (Å²) >= 11 is 3.05. The van der Waals surface area contributed by atoms with E-state index >= 15 is 0 Å². The van der Waals surface area contributed by atoms with Gasteiger partial charge in [0.1, 0.15) is 5.82 Å². The molecule has 0 aliphatic rings. The Kier molecular flexibility index (Phi) is 5.09. The maximum Gasteiger partial charge on any atom is 0.241 e. The molecule has 96 valence electrons. The molecule has 0 radical (unpaired) electrons. The molecule has 0 saturated heterocycles. The summed E-state index contributed by atoms with van der Waals surface area (Å²) in [5.74, 6) is -0.475. The topological polar surface area (TPSA) is 46.2 Å². The fourth-order valence-electron chi connectivity index (χ4n) is 1.51. The van der Waals surface area contributed by atoms with Crippen LogP contribution in [0, 0.1) is 5.82 Å². The highest BCUT2D eigenvalue weighted by Crippen LogP contribution is 2.23. The van der Waals surface area contributed by atoms with E-state index in [2.05, 4.69) is 20.7 Å². The second-order valence-corrected chi connectivity index (χ2v) is 6.42. The van der Waals surface area contributed by atoms with E-state index in [9.17, 15) is 12.8 Å². The first-order valence-corrected chi connectivity index (χ1v) is 7.62. The van der Waals surface area contributed by atoms with Crippen LogP contribution < -0.4 is 4.72 Å². The van der Waals surface area contributed by atoms with Crippen molar-refractivity contribution >= 4 is 26.0 Å². The molecule has 0 spiro atoms. The number of hydrogen-bond donors (Lipinski definition) is 1. The molecule has 1 rings (SSSR count). The van der Waals surface area contributed by atoms with Gasteiger partial charge in [-0.15, -0.1) is 0 Å². The first-order valence-electron chi connectivity index (χ1n) is 5.34. The Balaban J connectivity index is 2.97. The van der Waals surface area contributed by atoms with Crippen molar-refractivity contribution < 1.29 is 12.8 Å². The van der Waals surface area contributed by atoms with Crippen LogP contribution in [0.25, 0.3) is 0 Å². The molecule has 0 aromatic heterocycles. The van der Waals surface area contributed by atoms with E-state index in [1.54, 1.807) is 6.92 Å². The molecule has 0 heterocycles. The second kappa shape index (κ2) is 5.93. The van der Waals surface area contributed by atoms with Gasteiger partial charge in [0.05, 0.1) is 4.90 Å². The van der Waals surface area contributed by atoms with Gasteiger partial charge >= 0.3 is 0 Å². The van der Waals surface area contributed by atoms with Gasteiger partial charge in [0.25, 0.3) is 0 Å². The molecule has 0 aliphatic heterocycles. The lowest BCUT2D eigenvalue weighted by Gasteiger charge is -2.14. The van der Waals surface area contributed by atoms with Crippen LogP contribution in [0.2, 0.25) is 0 Å². The molecule has 1 atom stereocenters. The average molecular weight is 324 g/mol. The predicted molar refractivity (Wildman–Crippen MR) is 68.8 cm³/mol. The third-order valence-electron chi connectivity index (χ3n) is 2.26. The number of halogens is 2. The van der Waals surface area contributed by atoms with Crippen LogP contribution in [0.5, 0.6) is 0 Å². The monoisotopic (exact) mass is 323 g/mol. The summed E-state index contributed by atoms with van der Waals surface area (Å²) in [6.45, 7) is 3.79. The van der Waals surface area contributed by atoms with Gasteiger partial charge in [-0.25, -0.2) is 17.5 Å². The summed E-state index contributed by atoms with van der Waals surface area (Å²) in [6.07, 6.45) is 1.66. The minimum absolute atomic E-state index is 0.0573. The van der Waals surface area contributed by atoms with Crippen molar-refractivity contribution in [3.8, 4) is 0 Å². The number of sulfonamides is 1. The number of hydrogen-bond acceptors (Lipinski definition) is 2. The molecule has 0 fully saturated rings. The molecule has 17 heavy (non-hydrogen) atoms. The highest BCUT2D eigenvalue weighted by atomic mass is 79.9. The highest BCUT2D eigenvalue weighted by Gasteiger charge is 2.19. The summed E-state index contributed by atoms with van der Waals surface area (Å²) in [5.41, 5.74) is 0. The molecule has 1 aromatic carbocycles. The molecule has 0 aliphatic carbocycles. The smallest absolute Gasteiger partial charge is 0.208 e. The van der Waals surface area contributed by atoms with Gasteiger partial charge in [-0.1, -0.05) is 13.3 Å². The van der Waals surface area contributed by atoms with E-state index < -0.39 is 15.8 Å². The third-order valence-corrected chi connectivity index (χ3v) is 4.83. The van der Waals surface area contributed by atoms with Gasteiger partial charge in [0, 0.05) is 10.5 Å². The summed E-state index contributed by atoms with van der Waals surface area (Å²) in [6, 6.07) is 3.38. The summed E-state index contributed by atoms with van der Waals surface area (Å²) < 4.78 is 39.6. The Hall–Kier alpha value is -0.460. The molecular formula is C11H15BrFNO2S. The predicted octanol–water partition coefficient (Wildman–Crippen LogP) is 3.06. The van der Waals surface area contributed by atoms with Crippen LogP contribution in [-0.2, 0) is 10.0 Å². The molecular weight excluding hydrogens is 309 g/mol. The largest absolute Gasteiger partial charge is 0.241 e. The summed E-state index contributed by atoms with van der Waals surface area (Å²) in [7, 11) is -3.59. The minimum Gasteiger partial charge on any atom is -0.208 e. The molecule has 1 aromatic rings. The van der Waals surface area contributed by atoms with Gasteiger partial charge in [-0.3, -0.25) is 0 Å². The van der Waals surface area contributed by atoms with E-state index in [1.807, 2.05) is 6.92 Å². The quantitative estimate of drug-likeness (QED) is 0.905. The standard InChI is InChI=1S/C11H15BrFNO2S/c1-3-4-8(2)14-17(15,16)11-6-5-9(13)7-10(11)12/h5-8,14H,3-4H2,1-2H3. The van der Waals surface area contributed by atoms with Crippen molar-refractivity contribution in [3.63, 3.8) is 0 Å². The second-order valence-electron chi connectivity index (χ2n) is 3.89. The maximum absolute atomic E-state index is 12.9. The lowest BCUT2D eigenvalue weighted by molar-refractivity contribution is 0.543. The minimum atomic E-state index is -3.59. The number of benzene rings is 1. The van der Waals surface area contributed by atoms with Crippen LogP contribution in [0.4, 0.5) is 4.39 Å². The Morgan fingerprint density at radius 3 is 2.65 bits per heavy atom. The Morgan fingerprint density at radius 2 is 2.12 bits per heavy atom. The van der Waals surface area contributed by atoms with Gasteiger partial charge < -0.3 is 0 Å². The van der Waals surface area contributed by atoms with Crippen molar-refractivity contribution in [2.45, 2.75) is 37.6 Å². The van der Waals surface area contributed by atoms with E-state index in [0.29, 0.717) is 0 Å². The Labute approximate surface area is 110 Å². The number of rotatable bonds is 5. The fourth-order valence-corrected chi connectivity index (χ4v) is 3.84. The van der Waals surface area contributed by atoms with E-state index in [1.165, 1.54) is 6.07 Å². The highest BCUT2D eigenvalue weighted by molar-refractivity contribution is 9.10. The van der Waals surface area contributed by atoms with Crippen molar-refractivity contribution in [2.75, 3.05) is 0 Å². The van der Waals surface area contributed by atoms with Crippen LogP contribution in [0.15, 0.2) is 27.6 Å². The Morgan fingerprint density at radius 1 is 1.47 bits per heavy atom. The Bertz CT molecular complexity index is 490. The van der Waals surface area contributed by atoms with Gasteiger partial charge in [-0.2, -0.15) is 0 Å². The zero-order valence-electron chi connectivity index (χ0n) is 9.70. The zero-order valence-corrected chi connectivity index (χ0v) is 12.1. The van der Waals surface area contributed by atoms with Crippen molar-refractivity contribution in [3.05, 3.63) is 28.5 Å². The molecule has 0 amide bonds. The van der Waals surface area contributed by atoms with Crippen LogP contribution >= 0.6 is 15.9 Å². The van der Waals surface area contributed by atoms with Crippen LogP contribution in [-0.4, -0.2) is 14.5 Å². The van der Waals surface area contributed by atoms with Crippen molar-refractivity contribution in [1.82, 2.24) is 4.72 Å². The summed E-state index contributed by atoms with van der Waals surface area (Å²) in [5, 5.41) is 0. The molecule has 6 heteroatoms. The number of nitrogens with one attached hydrogen (secondary N) is 1. The summed E-state index contributed by atoms with van der Waals surface area (Å²) in [4.78, 5) is 0.0573. The van der Waals surface area contributed by atoms with Crippen molar-refractivity contribution in [2.24, 2.45) is 0 Å². The normalized spacial score (nSPS) is 13.6. The van der Waals surface area contributed by atoms with Gasteiger partial charge in [0.15, 0.2) is 0 Å². The first-order chi connectivity index (χ1) is 7.86. The third kappa shape index (κ3) is 4.04. The molecule has 1 unspecified atom stereocenters. The lowest BCUT2D eigenvalue weighted by atomic mass is 10.2. The zero-order chi connectivity index (χ0) is 13.1.